The molecule has 0 amide bonds. The summed E-state index contributed by atoms with van der Waals surface area (Å²) in [6.45, 7) is 7.84. The first-order valence-corrected chi connectivity index (χ1v) is 5.30. The Hall–Kier alpha value is -0.0400. The quantitative estimate of drug-likeness (QED) is 0.631. The van der Waals surface area contributed by atoms with E-state index in [-0.39, 0.29) is 5.60 Å². The molecule has 1 fully saturated rings. The van der Waals surface area contributed by atoms with Crippen LogP contribution in [0.1, 0.15) is 52.9 Å². The summed E-state index contributed by atoms with van der Waals surface area (Å²) in [5.41, 5.74) is 0.202. The molecular weight excluding hydrogens is 148 g/mol. The van der Waals surface area contributed by atoms with E-state index in [0.29, 0.717) is 0 Å². The minimum absolute atomic E-state index is 0.202. The predicted octanol–water partition coefficient (Wildman–Crippen LogP) is 3.38. The predicted molar refractivity (Wildman–Crippen MR) is 52.3 cm³/mol. The monoisotopic (exact) mass is 170 g/mol. The summed E-state index contributed by atoms with van der Waals surface area (Å²) in [5.74, 6) is 0.862. The fraction of sp³-hybridized carbons (Fsp3) is 1.00. The van der Waals surface area contributed by atoms with Gasteiger partial charge < -0.3 is 4.74 Å². The molecule has 1 saturated heterocycles. The smallest absolute Gasteiger partial charge is 0.0657 e. The lowest BCUT2D eigenvalue weighted by atomic mass is 9.85. The van der Waals surface area contributed by atoms with Crippen LogP contribution < -0.4 is 0 Å². The third-order valence-electron chi connectivity index (χ3n) is 2.90. The van der Waals surface area contributed by atoms with Gasteiger partial charge in [-0.15, -0.1) is 0 Å². The van der Waals surface area contributed by atoms with Gasteiger partial charge >= 0.3 is 0 Å². The topological polar surface area (TPSA) is 9.23 Å². The zero-order chi connectivity index (χ0) is 9.03. The fourth-order valence-corrected chi connectivity index (χ4v) is 2.13. The lowest BCUT2D eigenvalue weighted by Crippen LogP contribution is -2.36. The molecule has 0 saturated carbocycles. The number of hydrogen-bond acceptors (Lipinski definition) is 1. The van der Waals surface area contributed by atoms with Crippen molar-refractivity contribution in [3.8, 4) is 0 Å². The second-order valence-corrected chi connectivity index (χ2v) is 4.50. The van der Waals surface area contributed by atoms with Crippen molar-refractivity contribution in [1.29, 1.82) is 0 Å². The molecule has 0 aromatic heterocycles. The van der Waals surface area contributed by atoms with Crippen molar-refractivity contribution in [3.63, 3.8) is 0 Å². The van der Waals surface area contributed by atoms with Gasteiger partial charge in [-0.25, -0.2) is 0 Å². The van der Waals surface area contributed by atoms with Crippen LogP contribution in [0.4, 0.5) is 0 Å². The van der Waals surface area contributed by atoms with E-state index >= 15 is 0 Å². The maximum absolute atomic E-state index is 5.84. The van der Waals surface area contributed by atoms with Crippen LogP contribution in [0, 0.1) is 5.92 Å². The van der Waals surface area contributed by atoms with E-state index < -0.39 is 0 Å². The van der Waals surface area contributed by atoms with Gasteiger partial charge in [0.2, 0.25) is 0 Å². The third kappa shape index (κ3) is 2.78. The molecular formula is C11H22O. The Morgan fingerprint density at radius 3 is 2.83 bits per heavy atom. The Kier molecular flexibility index (Phi) is 3.57. The second kappa shape index (κ2) is 4.27. The normalized spacial score (nSPS) is 36.8. The molecule has 1 rings (SSSR count). The zero-order valence-corrected chi connectivity index (χ0v) is 8.73. The Morgan fingerprint density at radius 1 is 1.50 bits per heavy atom. The summed E-state index contributed by atoms with van der Waals surface area (Å²) < 4.78 is 5.84. The maximum atomic E-state index is 5.84. The van der Waals surface area contributed by atoms with Crippen molar-refractivity contribution in [3.05, 3.63) is 0 Å². The highest BCUT2D eigenvalue weighted by Gasteiger charge is 2.30. The van der Waals surface area contributed by atoms with Gasteiger partial charge in [-0.05, 0) is 32.1 Å². The van der Waals surface area contributed by atoms with Crippen LogP contribution in [0.5, 0.6) is 0 Å². The van der Waals surface area contributed by atoms with Gasteiger partial charge in [-0.3, -0.25) is 0 Å². The van der Waals surface area contributed by atoms with E-state index in [1.165, 1.54) is 32.1 Å². The van der Waals surface area contributed by atoms with Crippen LogP contribution in [0.25, 0.3) is 0 Å². The molecule has 1 aliphatic heterocycles. The number of unbranched alkanes of at least 4 members (excludes halogenated alkanes) is 1. The zero-order valence-electron chi connectivity index (χ0n) is 8.73. The van der Waals surface area contributed by atoms with E-state index in [0.717, 1.165) is 12.5 Å². The molecule has 2 atom stereocenters. The molecule has 0 bridgehead atoms. The Balaban J connectivity index is 2.35. The SMILES string of the molecule is CCCCC1(C)CC(C)CCO1. The van der Waals surface area contributed by atoms with Gasteiger partial charge in [0.15, 0.2) is 0 Å². The van der Waals surface area contributed by atoms with Crippen LogP contribution in [0.2, 0.25) is 0 Å². The van der Waals surface area contributed by atoms with Crippen molar-refractivity contribution in [2.24, 2.45) is 5.92 Å². The minimum atomic E-state index is 0.202. The highest BCUT2D eigenvalue weighted by molar-refractivity contribution is 4.81. The molecule has 0 aliphatic carbocycles. The van der Waals surface area contributed by atoms with Gasteiger partial charge in [0.1, 0.15) is 0 Å². The fourth-order valence-electron chi connectivity index (χ4n) is 2.13. The molecule has 72 valence electrons. The van der Waals surface area contributed by atoms with Gasteiger partial charge in [-0.2, -0.15) is 0 Å². The maximum Gasteiger partial charge on any atom is 0.0657 e. The first-order chi connectivity index (χ1) is 5.66. The molecule has 1 heteroatoms. The van der Waals surface area contributed by atoms with Crippen LogP contribution in [-0.2, 0) is 4.74 Å². The average molecular weight is 170 g/mol. The molecule has 0 aromatic rings. The van der Waals surface area contributed by atoms with Crippen molar-refractivity contribution in [2.45, 2.75) is 58.5 Å². The number of rotatable bonds is 3. The lowest BCUT2D eigenvalue weighted by molar-refractivity contribution is -0.0878. The van der Waals surface area contributed by atoms with Crippen molar-refractivity contribution >= 4 is 0 Å². The number of hydrogen-bond donors (Lipinski definition) is 0. The van der Waals surface area contributed by atoms with Crippen LogP contribution in [0.15, 0.2) is 0 Å². The van der Waals surface area contributed by atoms with Crippen LogP contribution in [-0.4, -0.2) is 12.2 Å². The molecule has 2 unspecified atom stereocenters. The molecule has 1 nitrogen and oxygen atoms in total. The molecule has 12 heavy (non-hydrogen) atoms. The van der Waals surface area contributed by atoms with E-state index in [9.17, 15) is 0 Å². The first kappa shape index (κ1) is 10.0. The van der Waals surface area contributed by atoms with E-state index in [2.05, 4.69) is 20.8 Å². The summed E-state index contributed by atoms with van der Waals surface area (Å²) >= 11 is 0. The molecule has 1 heterocycles. The molecule has 0 N–H and O–H groups in total. The molecule has 0 aromatic carbocycles. The van der Waals surface area contributed by atoms with Crippen LogP contribution >= 0.6 is 0 Å². The summed E-state index contributed by atoms with van der Waals surface area (Å²) in [6.07, 6.45) is 6.35. The Labute approximate surface area is 76.5 Å². The standard InChI is InChI=1S/C11H22O/c1-4-5-7-11(3)9-10(2)6-8-12-11/h10H,4-9H2,1-3H3. The highest BCUT2D eigenvalue weighted by Crippen LogP contribution is 2.32. The summed E-state index contributed by atoms with van der Waals surface area (Å²) in [6, 6.07) is 0. The summed E-state index contributed by atoms with van der Waals surface area (Å²) in [7, 11) is 0. The average Bonchev–Trinajstić information content (AvgIpc) is 2.01. The minimum Gasteiger partial charge on any atom is -0.375 e. The summed E-state index contributed by atoms with van der Waals surface area (Å²) in [4.78, 5) is 0. The molecule has 1 aliphatic rings. The van der Waals surface area contributed by atoms with E-state index in [4.69, 9.17) is 4.74 Å². The lowest BCUT2D eigenvalue weighted by Gasteiger charge is -2.37. The Morgan fingerprint density at radius 2 is 2.25 bits per heavy atom. The van der Waals surface area contributed by atoms with Gasteiger partial charge in [0.05, 0.1) is 5.60 Å². The second-order valence-electron chi connectivity index (χ2n) is 4.50. The highest BCUT2D eigenvalue weighted by atomic mass is 16.5. The van der Waals surface area contributed by atoms with E-state index in [1.54, 1.807) is 0 Å². The van der Waals surface area contributed by atoms with Crippen molar-refractivity contribution in [1.82, 2.24) is 0 Å². The van der Waals surface area contributed by atoms with Gasteiger partial charge in [0.25, 0.3) is 0 Å². The van der Waals surface area contributed by atoms with Gasteiger partial charge in [0, 0.05) is 6.61 Å². The van der Waals surface area contributed by atoms with E-state index in [1.807, 2.05) is 0 Å². The largest absolute Gasteiger partial charge is 0.375 e. The summed E-state index contributed by atoms with van der Waals surface area (Å²) in [5, 5.41) is 0. The van der Waals surface area contributed by atoms with Crippen molar-refractivity contribution < 1.29 is 4.74 Å². The Bertz CT molecular complexity index is 133. The van der Waals surface area contributed by atoms with Gasteiger partial charge in [-0.1, -0.05) is 26.7 Å². The first-order valence-electron chi connectivity index (χ1n) is 5.30. The molecule has 0 spiro atoms. The van der Waals surface area contributed by atoms with Crippen molar-refractivity contribution in [2.75, 3.05) is 6.61 Å². The van der Waals surface area contributed by atoms with Crippen LogP contribution in [0.3, 0.4) is 0 Å². The molecule has 0 radical (unpaired) electrons. The number of ether oxygens (including phenoxy) is 1. The third-order valence-corrected chi connectivity index (χ3v) is 2.90.